The summed E-state index contributed by atoms with van der Waals surface area (Å²) in [6, 6.07) is 4.64. The van der Waals surface area contributed by atoms with Crippen molar-refractivity contribution in [1.82, 2.24) is 0 Å². The second-order valence-electron chi connectivity index (χ2n) is 4.14. The number of rotatable bonds is 4. The minimum atomic E-state index is -3.56. The fraction of sp³-hybridized carbons (Fsp3) is 0.364. The first-order valence-electron chi connectivity index (χ1n) is 5.59. The first kappa shape index (κ1) is 14.4. The van der Waals surface area contributed by atoms with Gasteiger partial charge in [0.25, 0.3) is 0 Å². The number of carbonyl (C=O) groups is 1. The van der Waals surface area contributed by atoms with Crippen LogP contribution in [-0.2, 0) is 14.8 Å². The molecule has 1 N–H and O–H groups in total. The summed E-state index contributed by atoms with van der Waals surface area (Å²) in [6.45, 7) is 0.630. The molecular weight excluding hydrogens is 311 g/mol. The minimum absolute atomic E-state index is 0.0241. The lowest BCUT2D eigenvalue weighted by molar-refractivity contribution is -0.117. The van der Waals surface area contributed by atoms with E-state index in [0.717, 1.165) is 6.42 Å². The topological polar surface area (TPSA) is 66.5 Å². The van der Waals surface area contributed by atoms with E-state index < -0.39 is 15.2 Å². The third kappa shape index (κ3) is 3.32. The van der Waals surface area contributed by atoms with Crippen LogP contribution < -0.4 is 9.62 Å². The van der Waals surface area contributed by atoms with Crippen molar-refractivity contribution in [2.24, 2.45) is 0 Å². The fourth-order valence-corrected chi connectivity index (χ4v) is 2.89. The summed E-state index contributed by atoms with van der Waals surface area (Å²) in [4.78, 5) is 13.2. The molecule has 0 saturated carbocycles. The predicted octanol–water partition coefficient (Wildman–Crippen LogP) is 2.40. The molecule has 2 rings (SSSR count). The number of hydrogen-bond donors (Lipinski definition) is 1. The molecule has 1 fully saturated rings. The normalized spacial score (nSPS) is 15.9. The highest BCUT2D eigenvalue weighted by Crippen LogP contribution is 2.31. The number of hydrogen-bond acceptors (Lipinski definition) is 3. The number of nitrogens with one attached hydrogen (secondary N) is 1. The number of carbonyl (C=O) groups excluding carboxylic acids is 1. The molecule has 0 atom stereocenters. The molecule has 8 heteroatoms. The Hall–Kier alpha value is -0.980. The van der Waals surface area contributed by atoms with E-state index in [9.17, 15) is 13.2 Å². The molecule has 0 unspecified atom stereocenters. The van der Waals surface area contributed by atoms with E-state index in [-0.39, 0.29) is 5.91 Å². The van der Waals surface area contributed by atoms with E-state index in [0.29, 0.717) is 29.4 Å². The summed E-state index contributed by atoms with van der Waals surface area (Å²) in [5.74, 6) is 0.0241. The van der Waals surface area contributed by atoms with Gasteiger partial charge in [0.15, 0.2) is 0 Å². The minimum Gasteiger partial charge on any atom is -0.311 e. The van der Waals surface area contributed by atoms with Crippen molar-refractivity contribution >= 4 is 50.5 Å². The third-order valence-electron chi connectivity index (χ3n) is 2.73. The molecular formula is C11H12Cl2N2O3S. The van der Waals surface area contributed by atoms with Gasteiger partial charge in [0.1, 0.15) is 5.21 Å². The van der Waals surface area contributed by atoms with Crippen LogP contribution in [0.5, 0.6) is 0 Å². The van der Waals surface area contributed by atoms with Crippen molar-refractivity contribution in [2.45, 2.75) is 12.8 Å². The van der Waals surface area contributed by atoms with E-state index in [1.54, 1.807) is 17.0 Å². The molecule has 1 aromatic carbocycles. The molecule has 1 heterocycles. The van der Waals surface area contributed by atoms with Crippen molar-refractivity contribution in [3.8, 4) is 0 Å². The molecule has 1 aliphatic rings. The molecule has 0 spiro atoms. The molecule has 1 saturated heterocycles. The zero-order chi connectivity index (χ0) is 14.0. The maximum absolute atomic E-state index is 11.6. The van der Waals surface area contributed by atoms with Gasteiger partial charge in [-0.25, -0.2) is 8.42 Å². The lowest BCUT2D eigenvalue weighted by Gasteiger charge is -2.18. The average Bonchev–Trinajstić information content (AvgIpc) is 2.75. The van der Waals surface area contributed by atoms with E-state index in [4.69, 9.17) is 23.2 Å². The smallest absolute Gasteiger partial charge is 0.246 e. The summed E-state index contributed by atoms with van der Waals surface area (Å²) in [6.07, 6.45) is 1.31. The number of benzene rings is 1. The van der Waals surface area contributed by atoms with Gasteiger partial charge in [0.2, 0.25) is 15.9 Å². The zero-order valence-corrected chi connectivity index (χ0v) is 12.2. The Balaban J connectivity index is 2.25. The monoisotopic (exact) mass is 322 g/mol. The maximum atomic E-state index is 11.6. The van der Waals surface area contributed by atoms with E-state index in [2.05, 4.69) is 4.72 Å². The maximum Gasteiger partial charge on any atom is 0.246 e. The van der Waals surface area contributed by atoms with Crippen LogP contribution in [0.25, 0.3) is 0 Å². The highest BCUT2D eigenvalue weighted by atomic mass is 35.5. The van der Waals surface area contributed by atoms with Crippen LogP contribution in [0.3, 0.4) is 0 Å². The molecule has 19 heavy (non-hydrogen) atoms. The zero-order valence-electron chi connectivity index (χ0n) is 9.90. The highest BCUT2D eigenvalue weighted by molar-refractivity contribution is 7.93. The predicted molar refractivity (Wildman–Crippen MR) is 76.3 cm³/mol. The van der Waals surface area contributed by atoms with Gasteiger partial charge < -0.3 is 4.90 Å². The Morgan fingerprint density at radius 1 is 1.37 bits per heavy atom. The van der Waals surface area contributed by atoms with Gasteiger partial charge in [-0.1, -0.05) is 11.6 Å². The molecule has 104 valence electrons. The van der Waals surface area contributed by atoms with Crippen LogP contribution >= 0.6 is 23.2 Å². The van der Waals surface area contributed by atoms with Crippen LogP contribution in [-0.4, -0.2) is 26.1 Å². The number of halogens is 2. The number of amides is 1. The van der Waals surface area contributed by atoms with Crippen LogP contribution in [0.4, 0.5) is 11.4 Å². The van der Waals surface area contributed by atoms with E-state index >= 15 is 0 Å². The number of alkyl halides is 1. The summed E-state index contributed by atoms with van der Waals surface area (Å²) >= 11 is 11.4. The number of sulfonamides is 1. The molecule has 1 aliphatic heterocycles. The van der Waals surface area contributed by atoms with Crippen molar-refractivity contribution in [2.75, 3.05) is 21.4 Å². The molecule has 0 radical (unpaired) electrons. The standard InChI is InChI=1S/C11H12Cl2N2O3S/c12-7-19(17,18)14-8-3-4-10(9(13)6-8)15-5-1-2-11(15)16/h3-4,6,14H,1-2,5,7H2. The molecule has 1 aromatic rings. The van der Waals surface area contributed by atoms with Crippen molar-refractivity contribution < 1.29 is 13.2 Å². The second-order valence-corrected chi connectivity index (χ2v) is 6.85. The lowest BCUT2D eigenvalue weighted by atomic mass is 10.2. The van der Waals surface area contributed by atoms with Gasteiger partial charge in [0.05, 0.1) is 16.4 Å². The SMILES string of the molecule is O=C1CCCN1c1ccc(NS(=O)(=O)CCl)cc1Cl. The van der Waals surface area contributed by atoms with Gasteiger partial charge in [-0.05, 0) is 24.6 Å². The van der Waals surface area contributed by atoms with Crippen LogP contribution in [0.2, 0.25) is 5.02 Å². The van der Waals surface area contributed by atoms with E-state index in [1.807, 2.05) is 0 Å². The van der Waals surface area contributed by atoms with Gasteiger partial charge in [-0.2, -0.15) is 0 Å². The highest BCUT2D eigenvalue weighted by Gasteiger charge is 2.23. The molecule has 0 bridgehead atoms. The Morgan fingerprint density at radius 2 is 2.11 bits per heavy atom. The Bertz CT molecular complexity index is 604. The Kier molecular flexibility index (Phi) is 4.23. The third-order valence-corrected chi connectivity index (χ3v) is 4.73. The molecule has 0 aliphatic carbocycles. The first-order valence-corrected chi connectivity index (χ1v) is 8.16. The Morgan fingerprint density at radius 3 is 2.63 bits per heavy atom. The lowest BCUT2D eigenvalue weighted by Crippen LogP contribution is -2.24. The van der Waals surface area contributed by atoms with Gasteiger partial charge >= 0.3 is 0 Å². The summed E-state index contributed by atoms with van der Waals surface area (Å²) in [5, 5.41) is -0.207. The average molecular weight is 323 g/mol. The number of anilines is 2. The van der Waals surface area contributed by atoms with Crippen LogP contribution in [0.1, 0.15) is 12.8 Å². The molecule has 1 amide bonds. The van der Waals surface area contributed by atoms with Crippen LogP contribution in [0, 0.1) is 0 Å². The summed E-state index contributed by atoms with van der Waals surface area (Å²) in [7, 11) is -3.56. The summed E-state index contributed by atoms with van der Waals surface area (Å²) < 4.78 is 24.9. The molecule has 5 nitrogen and oxygen atoms in total. The van der Waals surface area contributed by atoms with Crippen molar-refractivity contribution in [1.29, 1.82) is 0 Å². The van der Waals surface area contributed by atoms with Gasteiger partial charge in [-0.3, -0.25) is 9.52 Å². The fourth-order valence-electron chi connectivity index (χ4n) is 1.90. The largest absolute Gasteiger partial charge is 0.311 e. The van der Waals surface area contributed by atoms with E-state index in [1.165, 1.54) is 6.07 Å². The van der Waals surface area contributed by atoms with Gasteiger partial charge in [-0.15, -0.1) is 11.6 Å². The quantitative estimate of drug-likeness (QED) is 0.865. The van der Waals surface area contributed by atoms with Crippen molar-refractivity contribution in [3.05, 3.63) is 23.2 Å². The Labute approximate surface area is 121 Å². The van der Waals surface area contributed by atoms with Crippen LogP contribution in [0.15, 0.2) is 18.2 Å². The van der Waals surface area contributed by atoms with Gasteiger partial charge in [0, 0.05) is 13.0 Å². The first-order chi connectivity index (χ1) is 8.93. The number of nitrogens with zero attached hydrogens (tertiary/aromatic N) is 1. The molecule has 0 aromatic heterocycles. The van der Waals surface area contributed by atoms with Crippen molar-refractivity contribution in [3.63, 3.8) is 0 Å². The second kappa shape index (κ2) is 5.56. The summed E-state index contributed by atoms with van der Waals surface area (Å²) in [5.41, 5.74) is 0.916.